The number of carbonyl (C=O) groups is 1. The Kier molecular flexibility index (Phi) is 4.70. The molecule has 2 atom stereocenters. The first-order chi connectivity index (χ1) is 9.65. The molecule has 2 amide bonds. The van der Waals surface area contributed by atoms with E-state index in [1.165, 1.54) is 0 Å². The molecule has 0 aliphatic carbocycles. The molecule has 0 aliphatic rings. The van der Waals surface area contributed by atoms with E-state index in [0.717, 1.165) is 5.69 Å². The van der Waals surface area contributed by atoms with Crippen molar-refractivity contribution in [3.8, 4) is 0 Å². The molecule has 6 heteroatoms. The quantitative estimate of drug-likeness (QED) is 0.871. The Labute approximate surface area is 118 Å². The number of rotatable bonds is 5. The van der Waals surface area contributed by atoms with Gasteiger partial charge < -0.3 is 10.6 Å². The number of nitrogens with zero attached hydrogens (tertiary/aromatic N) is 3. The summed E-state index contributed by atoms with van der Waals surface area (Å²) in [6, 6.07) is 7.15. The van der Waals surface area contributed by atoms with Crippen molar-refractivity contribution in [2.75, 3.05) is 0 Å². The number of amides is 2. The van der Waals surface area contributed by atoms with Gasteiger partial charge in [0.05, 0.1) is 18.3 Å². The van der Waals surface area contributed by atoms with E-state index >= 15 is 0 Å². The largest absolute Gasteiger partial charge is 0.334 e. The van der Waals surface area contributed by atoms with Crippen molar-refractivity contribution in [1.29, 1.82) is 0 Å². The summed E-state index contributed by atoms with van der Waals surface area (Å²) in [6.45, 7) is 4.48. The van der Waals surface area contributed by atoms with Crippen molar-refractivity contribution in [3.05, 3.63) is 48.5 Å². The van der Waals surface area contributed by atoms with Gasteiger partial charge in [0, 0.05) is 24.6 Å². The highest BCUT2D eigenvalue weighted by Gasteiger charge is 2.12. The van der Waals surface area contributed by atoms with E-state index < -0.39 is 0 Å². The van der Waals surface area contributed by atoms with Gasteiger partial charge in [-0.3, -0.25) is 9.67 Å². The Bertz CT molecular complexity index is 526. The number of aromatic nitrogens is 3. The third-order valence-electron chi connectivity index (χ3n) is 2.88. The van der Waals surface area contributed by atoms with Gasteiger partial charge >= 0.3 is 6.03 Å². The summed E-state index contributed by atoms with van der Waals surface area (Å²) >= 11 is 0. The summed E-state index contributed by atoms with van der Waals surface area (Å²) in [6.07, 6.45) is 5.30. The van der Waals surface area contributed by atoms with Crippen molar-refractivity contribution in [1.82, 2.24) is 25.4 Å². The lowest BCUT2D eigenvalue weighted by molar-refractivity contribution is 0.233. The SMILES string of the molecule is CC(Cn1cccn1)NC(=O)NC(C)c1ccccn1. The van der Waals surface area contributed by atoms with Crippen LogP contribution < -0.4 is 10.6 Å². The second-order valence-electron chi connectivity index (χ2n) is 4.72. The number of pyridine rings is 1. The maximum Gasteiger partial charge on any atom is 0.315 e. The summed E-state index contributed by atoms with van der Waals surface area (Å²) in [5.41, 5.74) is 0.836. The zero-order valence-electron chi connectivity index (χ0n) is 11.7. The molecule has 0 fully saturated rings. The molecule has 0 aliphatic heterocycles. The Morgan fingerprint density at radius 2 is 2.10 bits per heavy atom. The van der Waals surface area contributed by atoms with Gasteiger partial charge in [-0.1, -0.05) is 6.07 Å². The van der Waals surface area contributed by atoms with Crippen LogP contribution in [0.2, 0.25) is 0 Å². The number of hydrogen-bond donors (Lipinski definition) is 2. The topological polar surface area (TPSA) is 71.8 Å². The molecular formula is C14H19N5O. The van der Waals surface area contributed by atoms with Crippen LogP contribution in [-0.4, -0.2) is 26.8 Å². The standard InChI is InChI=1S/C14H19N5O/c1-11(10-19-9-5-8-16-19)17-14(20)18-12(2)13-6-3-4-7-15-13/h3-9,11-12H,10H2,1-2H3,(H2,17,18,20). The van der Waals surface area contributed by atoms with E-state index in [9.17, 15) is 4.79 Å². The van der Waals surface area contributed by atoms with Crippen LogP contribution in [0.4, 0.5) is 4.79 Å². The zero-order chi connectivity index (χ0) is 14.4. The third kappa shape index (κ3) is 4.08. The van der Waals surface area contributed by atoms with E-state index in [1.54, 1.807) is 17.1 Å². The lowest BCUT2D eigenvalue weighted by atomic mass is 10.2. The molecule has 6 nitrogen and oxygen atoms in total. The van der Waals surface area contributed by atoms with E-state index in [-0.39, 0.29) is 18.1 Å². The highest BCUT2D eigenvalue weighted by atomic mass is 16.2. The molecule has 2 N–H and O–H groups in total. The van der Waals surface area contributed by atoms with Crippen LogP contribution in [0, 0.1) is 0 Å². The first-order valence-corrected chi connectivity index (χ1v) is 6.60. The van der Waals surface area contributed by atoms with Gasteiger partial charge in [0.25, 0.3) is 0 Å². The summed E-state index contributed by atoms with van der Waals surface area (Å²) in [7, 11) is 0. The average Bonchev–Trinajstić information content (AvgIpc) is 2.92. The number of nitrogens with one attached hydrogen (secondary N) is 2. The molecule has 0 saturated carbocycles. The summed E-state index contributed by atoms with van der Waals surface area (Å²) < 4.78 is 1.78. The van der Waals surface area contributed by atoms with Crippen LogP contribution in [0.25, 0.3) is 0 Å². The van der Waals surface area contributed by atoms with Crippen LogP contribution in [0.5, 0.6) is 0 Å². The molecule has 2 aromatic rings. The molecule has 2 unspecified atom stereocenters. The molecule has 0 spiro atoms. The summed E-state index contributed by atoms with van der Waals surface area (Å²) in [4.78, 5) is 16.1. The van der Waals surface area contributed by atoms with Crippen molar-refractivity contribution < 1.29 is 4.79 Å². The monoisotopic (exact) mass is 273 g/mol. The number of urea groups is 1. The van der Waals surface area contributed by atoms with E-state index in [4.69, 9.17) is 0 Å². The average molecular weight is 273 g/mol. The molecular weight excluding hydrogens is 254 g/mol. The summed E-state index contributed by atoms with van der Waals surface area (Å²) in [5, 5.41) is 9.85. The lowest BCUT2D eigenvalue weighted by Gasteiger charge is -2.18. The second kappa shape index (κ2) is 6.70. The Hall–Kier alpha value is -2.37. The second-order valence-corrected chi connectivity index (χ2v) is 4.72. The zero-order valence-corrected chi connectivity index (χ0v) is 11.7. The van der Waals surface area contributed by atoms with Gasteiger partial charge in [-0.05, 0) is 32.0 Å². The Morgan fingerprint density at radius 3 is 2.75 bits per heavy atom. The van der Waals surface area contributed by atoms with Gasteiger partial charge in [-0.25, -0.2) is 4.79 Å². The first kappa shape index (κ1) is 14.0. The number of carbonyl (C=O) groups excluding carboxylic acids is 1. The maximum atomic E-state index is 11.9. The van der Waals surface area contributed by atoms with Crippen LogP contribution in [0.3, 0.4) is 0 Å². The van der Waals surface area contributed by atoms with Gasteiger partial charge in [0.15, 0.2) is 0 Å². The van der Waals surface area contributed by atoms with Crippen molar-refractivity contribution in [2.24, 2.45) is 0 Å². The van der Waals surface area contributed by atoms with Crippen LogP contribution in [-0.2, 0) is 6.54 Å². The van der Waals surface area contributed by atoms with Crippen molar-refractivity contribution >= 4 is 6.03 Å². The fourth-order valence-corrected chi connectivity index (χ4v) is 1.90. The highest BCUT2D eigenvalue weighted by Crippen LogP contribution is 2.07. The lowest BCUT2D eigenvalue weighted by Crippen LogP contribution is -2.43. The first-order valence-electron chi connectivity index (χ1n) is 6.60. The highest BCUT2D eigenvalue weighted by molar-refractivity contribution is 5.74. The normalized spacial score (nSPS) is 13.5. The fraction of sp³-hybridized carbons (Fsp3) is 0.357. The minimum atomic E-state index is -0.206. The van der Waals surface area contributed by atoms with Crippen molar-refractivity contribution in [2.45, 2.75) is 32.5 Å². The van der Waals surface area contributed by atoms with Gasteiger partial charge in [-0.15, -0.1) is 0 Å². The predicted octanol–water partition coefficient (Wildman–Crippen LogP) is 1.73. The van der Waals surface area contributed by atoms with Gasteiger partial charge in [0.1, 0.15) is 0 Å². The van der Waals surface area contributed by atoms with Gasteiger partial charge in [0.2, 0.25) is 0 Å². The summed E-state index contributed by atoms with van der Waals surface area (Å²) in [5.74, 6) is 0. The molecule has 2 aromatic heterocycles. The van der Waals surface area contributed by atoms with Crippen LogP contribution >= 0.6 is 0 Å². The molecule has 2 heterocycles. The Balaban J connectivity index is 1.80. The van der Waals surface area contributed by atoms with E-state index in [1.807, 2.05) is 44.3 Å². The van der Waals surface area contributed by atoms with Crippen LogP contribution in [0.15, 0.2) is 42.9 Å². The van der Waals surface area contributed by atoms with E-state index in [2.05, 4.69) is 20.7 Å². The molecule has 20 heavy (non-hydrogen) atoms. The molecule has 0 saturated heterocycles. The third-order valence-corrected chi connectivity index (χ3v) is 2.88. The predicted molar refractivity (Wildman–Crippen MR) is 76.0 cm³/mol. The van der Waals surface area contributed by atoms with E-state index in [0.29, 0.717) is 6.54 Å². The van der Waals surface area contributed by atoms with Crippen LogP contribution in [0.1, 0.15) is 25.6 Å². The molecule has 0 bridgehead atoms. The van der Waals surface area contributed by atoms with Crippen molar-refractivity contribution in [3.63, 3.8) is 0 Å². The minimum absolute atomic E-state index is 0.00849. The molecule has 106 valence electrons. The Morgan fingerprint density at radius 1 is 1.25 bits per heavy atom. The number of hydrogen-bond acceptors (Lipinski definition) is 3. The molecule has 0 aromatic carbocycles. The smallest absolute Gasteiger partial charge is 0.315 e. The fourth-order valence-electron chi connectivity index (χ4n) is 1.90. The molecule has 2 rings (SSSR count). The minimum Gasteiger partial charge on any atom is -0.334 e. The molecule has 0 radical (unpaired) electrons. The maximum absolute atomic E-state index is 11.9. The van der Waals surface area contributed by atoms with Gasteiger partial charge in [-0.2, -0.15) is 5.10 Å².